The lowest BCUT2D eigenvalue weighted by Crippen LogP contribution is -2.37. The van der Waals surface area contributed by atoms with Crippen molar-refractivity contribution < 1.29 is 9.30 Å². The summed E-state index contributed by atoms with van der Waals surface area (Å²) >= 11 is 1.86. The monoisotopic (exact) mass is 545 g/mol. The van der Waals surface area contributed by atoms with Gasteiger partial charge in [-0.1, -0.05) is 48.2 Å². The molecule has 0 unspecified atom stereocenters. The number of nitriles is 1. The van der Waals surface area contributed by atoms with Crippen molar-refractivity contribution in [1.29, 1.82) is 5.26 Å². The smallest absolute Gasteiger partial charge is 0.213 e. The Labute approximate surface area is 240 Å². The predicted molar refractivity (Wildman–Crippen MR) is 165 cm³/mol. The SMILES string of the molecule is C[n+]1c(/C=C/c2ccc(C#N)cc2)cc(/C=C2\Sc3ccccc3N2CCCN2CCOCC2)c2ccccc21. The van der Waals surface area contributed by atoms with Gasteiger partial charge in [0.05, 0.1) is 40.9 Å². The molecular formula is C34H33N4OS+. The van der Waals surface area contributed by atoms with Crippen LogP contribution in [0.2, 0.25) is 0 Å². The second-order valence-electron chi connectivity index (χ2n) is 10.2. The molecule has 2 aliphatic rings. The number of thioether (sulfide) groups is 1. The number of hydrogen-bond acceptors (Lipinski definition) is 5. The molecule has 5 nitrogen and oxygen atoms in total. The van der Waals surface area contributed by atoms with Crippen molar-refractivity contribution >= 4 is 46.6 Å². The summed E-state index contributed by atoms with van der Waals surface area (Å²) in [6.45, 7) is 5.81. The summed E-state index contributed by atoms with van der Waals surface area (Å²) < 4.78 is 7.78. The van der Waals surface area contributed by atoms with E-state index in [0.29, 0.717) is 5.56 Å². The molecule has 0 aliphatic carbocycles. The van der Waals surface area contributed by atoms with Gasteiger partial charge >= 0.3 is 0 Å². The van der Waals surface area contributed by atoms with Gasteiger partial charge in [-0.05, 0) is 60.0 Å². The summed E-state index contributed by atoms with van der Waals surface area (Å²) in [5, 5.41) is 11.6. The van der Waals surface area contributed by atoms with Crippen molar-refractivity contribution in [3.63, 3.8) is 0 Å². The van der Waals surface area contributed by atoms with Crippen LogP contribution in [0.1, 0.15) is 28.8 Å². The largest absolute Gasteiger partial charge is 0.379 e. The maximum Gasteiger partial charge on any atom is 0.213 e. The number of rotatable bonds is 7. The van der Waals surface area contributed by atoms with Crippen LogP contribution in [0, 0.1) is 11.3 Å². The highest BCUT2D eigenvalue weighted by Crippen LogP contribution is 2.46. The van der Waals surface area contributed by atoms with E-state index < -0.39 is 0 Å². The number of pyridine rings is 1. The van der Waals surface area contributed by atoms with Crippen molar-refractivity contribution in [2.24, 2.45) is 7.05 Å². The van der Waals surface area contributed by atoms with Crippen LogP contribution in [0.4, 0.5) is 5.69 Å². The van der Waals surface area contributed by atoms with Crippen molar-refractivity contribution in [2.45, 2.75) is 11.3 Å². The average molecular weight is 546 g/mol. The van der Waals surface area contributed by atoms with E-state index in [0.717, 1.165) is 57.1 Å². The normalized spacial score (nSPS) is 16.6. The number of hydrogen-bond donors (Lipinski definition) is 0. The Bertz CT molecular complexity index is 1610. The molecule has 0 N–H and O–H groups in total. The first-order chi connectivity index (χ1) is 19.7. The number of nitrogens with zero attached hydrogens (tertiary/aromatic N) is 4. The molecule has 1 saturated heterocycles. The van der Waals surface area contributed by atoms with Crippen LogP contribution in [0.5, 0.6) is 0 Å². The highest BCUT2D eigenvalue weighted by Gasteiger charge is 2.25. The van der Waals surface area contributed by atoms with Crippen molar-refractivity contribution in [1.82, 2.24) is 4.90 Å². The Morgan fingerprint density at radius 2 is 1.73 bits per heavy atom. The topological polar surface area (TPSA) is 43.4 Å². The first kappa shape index (κ1) is 26.3. The number of morpholine rings is 1. The number of ether oxygens (including phenoxy) is 1. The number of para-hydroxylation sites is 2. The molecule has 3 aromatic carbocycles. The maximum atomic E-state index is 9.12. The quantitative estimate of drug-likeness (QED) is 0.254. The van der Waals surface area contributed by atoms with Gasteiger partial charge in [0.25, 0.3) is 0 Å². The average Bonchev–Trinajstić information content (AvgIpc) is 3.35. The predicted octanol–water partition coefficient (Wildman–Crippen LogP) is 6.34. The first-order valence-electron chi connectivity index (χ1n) is 13.9. The molecule has 1 fully saturated rings. The molecular weight excluding hydrogens is 512 g/mol. The van der Waals surface area contributed by atoms with E-state index in [2.05, 4.69) is 100 Å². The molecule has 1 aromatic heterocycles. The van der Waals surface area contributed by atoms with Gasteiger partial charge in [-0.3, -0.25) is 4.90 Å². The Balaban J connectivity index is 1.33. The van der Waals surface area contributed by atoms with Crippen molar-refractivity contribution in [2.75, 3.05) is 44.3 Å². The van der Waals surface area contributed by atoms with E-state index in [4.69, 9.17) is 10.00 Å². The molecule has 0 spiro atoms. The Morgan fingerprint density at radius 1 is 0.950 bits per heavy atom. The Morgan fingerprint density at radius 3 is 2.55 bits per heavy atom. The van der Waals surface area contributed by atoms with Crippen LogP contribution >= 0.6 is 11.8 Å². The third kappa shape index (κ3) is 5.68. The minimum Gasteiger partial charge on any atom is -0.379 e. The van der Waals surface area contributed by atoms with Crippen LogP contribution in [-0.4, -0.2) is 44.3 Å². The highest BCUT2D eigenvalue weighted by molar-refractivity contribution is 8.03. The zero-order valence-electron chi connectivity index (χ0n) is 22.8. The number of aryl methyl sites for hydroxylation is 1. The molecule has 2 aliphatic heterocycles. The zero-order valence-corrected chi connectivity index (χ0v) is 23.6. The van der Waals surface area contributed by atoms with Gasteiger partial charge < -0.3 is 9.64 Å². The molecule has 200 valence electrons. The van der Waals surface area contributed by atoms with Crippen LogP contribution in [0.3, 0.4) is 0 Å². The minimum absolute atomic E-state index is 0.673. The molecule has 0 saturated carbocycles. The summed E-state index contributed by atoms with van der Waals surface area (Å²) in [6, 6.07) is 29.5. The van der Waals surface area contributed by atoms with Gasteiger partial charge in [0, 0.05) is 49.3 Å². The van der Waals surface area contributed by atoms with Crippen molar-refractivity contribution in [3.05, 3.63) is 106 Å². The van der Waals surface area contributed by atoms with Gasteiger partial charge in [0.2, 0.25) is 11.2 Å². The number of benzene rings is 3. The summed E-state index contributed by atoms with van der Waals surface area (Å²) in [4.78, 5) is 6.32. The second kappa shape index (κ2) is 12.1. The maximum absolute atomic E-state index is 9.12. The fraction of sp³-hybridized carbons (Fsp3) is 0.235. The van der Waals surface area contributed by atoms with Gasteiger partial charge in [0.1, 0.15) is 7.05 Å². The van der Waals surface area contributed by atoms with E-state index in [1.165, 1.54) is 32.1 Å². The highest BCUT2D eigenvalue weighted by atomic mass is 32.2. The number of anilines is 1. The number of fused-ring (bicyclic) bond motifs is 2. The molecule has 0 amide bonds. The standard InChI is InChI=1S/C34H33N4OS/c1-36-29(16-15-26-11-13-27(25-35)14-12-26)23-28(30-7-2-3-8-31(30)36)24-34-38(32-9-4-5-10-33(32)40-34)18-6-17-37-19-21-39-22-20-37/h2-5,7-16,23-24H,6,17-22H2,1H3/q+1/b16-15+. The van der Waals surface area contributed by atoms with E-state index in [9.17, 15) is 0 Å². The molecule has 0 atom stereocenters. The van der Waals surface area contributed by atoms with Crippen LogP contribution in [-0.2, 0) is 11.8 Å². The molecule has 4 aromatic rings. The van der Waals surface area contributed by atoms with Gasteiger partial charge in [-0.25, -0.2) is 0 Å². The van der Waals surface area contributed by atoms with E-state index in [-0.39, 0.29) is 0 Å². The number of aromatic nitrogens is 1. The molecule has 6 rings (SSSR count). The van der Waals surface area contributed by atoms with E-state index in [1.807, 2.05) is 36.0 Å². The molecule has 3 heterocycles. The Kier molecular flexibility index (Phi) is 7.97. The van der Waals surface area contributed by atoms with Gasteiger partial charge in [-0.15, -0.1) is 0 Å². The second-order valence-corrected chi connectivity index (χ2v) is 11.2. The lowest BCUT2D eigenvalue weighted by molar-refractivity contribution is -0.646. The lowest BCUT2D eigenvalue weighted by Gasteiger charge is -2.28. The zero-order chi connectivity index (χ0) is 27.3. The van der Waals surface area contributed by atoms with Gasteiger partial charge in [-0.2, -0.15) is 9.83 Å². The summed E-state index contributed by atoms with van der Waals surface area (Å²) in [5.74, 6) is 0. The minimum atomic E-state index is 0.673. The molecule has 6 heteroatoms. The first-order valence-corrected chi connectivity index (χ1v) is 14.7. The van der Waals surface area contributed by atoms with Crippen molar-refractivity contribution in [3.8, 4) is 6.07 Å². The van der Waals surface area contributed by atoms with Crippen LogP contribution in [0.25, 0.3) is 29.1 Å². The summed E-state index contributed by atoms with van der Waals surface area (Å²) in [5.41, 5.74) is 6.56. The Hall–Kier alpha value is -3.89. The summed E-state index contributed by atoms with van der Waals surface area (Å²) in [6.07, 6.45) is 7.74. The fourth-order valence-electron chi connectivity index (χ4n) is 5.41. The van der Waals surface area contributed by atoms with Crippen LogP contribution < -0.4 is 9.47 Å². The van der Waals surface area contributed by atoms with E-state index >= 15 is 0 Å². The fourth-order valence-corrected chi connectivity index (χ4v) is 6.55. The molecule has 0 radical (unpaired) electrons. The third-order valence-electron chi connectivity index (χ3n) is 7.63. The van der Waals surface area contributed by atoms with Crippen LogP contribution in [0.15, 0.2) is 88.8 Å². The van der Waals surface area contributed by atoms with E-state index in [1.54, 1.807) is 0 Å². The molecule has 0 bridgehead atoms. The lowest BCUT2D eigenvalue weighted by atomic mass is 10.1. The molecule has 40 heavy (non-hydrogen) atoms. The third-order valence-corrected chi connectivity index (χ3v) is 8.74. The summed E-state index contributed by atoms with van der Waals surface area (Å²) in [7, 11) is 2.12. The van der Waals surface area contributed by atoms with Gasteiger partial charge in [0.15, 0.2) is 0 Å².